The van der Waals surface area contributed by atoms with E-state index in [-0.39, 0.29) is 18.3 Å². The van der Waals surface area contributed by atoms with Crippen LogP contribution in [0.2, 0.25) is 0 Å². The topological polar surface area (TPSA) is 47.4 Å². The Balaban J connectivity index is 1.45. The molecule has 0 radical (unpaired) electrons. The Morgan fingerprint density at radius 1 is 1.27 bits per heavy atom. The lowest BCUT2D eigenvalue weighted by Gasteiger charge is -2.32. The van der Waals surface area contributed by atoms with Gasteiger partial charge in [-0.05, 0) is 43.0 Å². The molecule has 0 unspecified atom stereocenters. The number of imidazole rings is 1. The lowest BCUT2D eigenvalue weighted by atomic mass is 9.96. The molecule has 140 valence electrons. The predicted molar refractivity (Wildman–Crippen MR) is 97.5 cm³/mol. The second-order valence-electron chi connectivity index (χ2n) is 7.16. The molecule has 2 aromatic rings. The molecule has 0 spiro atoms. The van der Waals surface area contributed by atoms with Gasteiger partial charge in [-0.3, -0.25) is 4.79 Å². The summed E-state index contributed by atoms with van der Waals surface area (Å²) in [6, 6.07) is 5.72. The zero-order chi connectivity index (χ0) is 18.5. The Hall–Kier alpha value is -2.37. The molecular formula is C20H26FN3O2. The zero-order valence-electron chi connectivity index (χ0n) is 15.4. The fourth-order valence-corrected chi connectivity index (χ4v) is 3.39. The number of amides is 1. The lowest BCUT2D eigenvalue weighted by Crippen LogP contribution is -2.41. The molecular weight excluding hydrogens is 333 g/mol. The number of carbonyl (C=O) groups excluding carboxylic acids is 1. The minimum Gasteiger partial charge on any atom is -0.484 e. The molecule has 1 aromatic carbocycles. The second-order valence-corrected chi connectivity index (χ2v) is 7.16. The third-order valence-electron chi connectivity index (χ3n) is 4.86. The molecule has 3 rings (SSSR count). The summed E-state index contributed by atoms with van der Waals surface area (Å²) in [6.45, 7) is 6.77. The van der Waals surface area contributed by atoms with Gasteiger partial charge < -0.3 is 14.2 Å². The Morgan fingerprint density at radius 3 is 2.62 bits per heavy atom. The van der Waals surface area contributed by atoms with Gasteiger partial charge in [-0.15, -0.1) is 0 Å². The van der Waals surface area contributed by atoms with Crippen molar-refractivity contribution in [1.29, 1.82) is 0 Å². The number of ether oxygens (including phenoxy) is 1. The van der Waals surface area contributed by atoms with E-state index in [4.69, 9.17) is 4.74 Å². The van der Waals surface area contributed by atoms with E-state index >= 15 is 0 Å². The summed E-state index contributed by atoms with van der Waals surface area (Å²) in [4.78, 5) is 18.6. The Morgan fingerprint density at radius 2 is 1.96 bits per heavy atom. The first-order valence-corrected chi connectivity index (χ1v) is 9.20. The van der Waals surface area contributed by atoms with E-state index in [1.807, 2.05) is 17.3 Å². The third kappa shape index (κ3) is 4.62. The standard InChI is InChI=1S/C20H26FN3O2/c1-15(2)20-22-9-12-24(20)13-16-7-10-23(11-8-16)19(25)14-26-18-5-3-17(21)4-6-18/h3-6,9,12,15-16H,7-8,10-11,13-14H2,1-2H3. The van der Waals surface area contributed by atoms with Crippen molar-refractivity contribution in [3.8, 4) is 5.75 Å². The molecule has 1 aliphatic heterocycles. The number of rotatable bonds is 6. The maximum absolute atomic E-state index is 12.9. The number of likely N-dealkylation sites (tertiary alicyclic amines) is 1. The van der Waals surface area contributed by atoms with E-state index in [1.165, 1.54) is 24.3 Å². The highest BCUT2D eigenvalue weighted by atomic mass is 19.1. The minimum absolute atomic E-state index is 0.00465. The van der Waals surface area contributed by atoms with Gasteiger partial charge in [0.15, 0.2) is 6.61 Å². The molecule has 6 heteroatoms. The maximum atomic E-state index is 12.9. The molecule has 5 nitrogen and oxygen atoms in total. The fourth-order valence-electron chi connectivity index (χ4n) is 3.39. The summed E-state index contributed by atoms with van der Waals surface area (Å²) >= 11 is 0. The molecule has 1 fully saturated rings. The first-order chi connectivity index (χ1) is 12.5. The summed E-state index contributed by atoms with van der Waals surface area (Å²) in [6.07, 6.45) is 5.88. The first-order valence-electron chi connectivity index (χ1n) is 9.20. The van der Waals surface area contributed by atoms with Crippen molar-refractivity contribution in [1.82, 2.24) is 14.5 Å². The number of nitrogens with zero attached hydrogens (tertiary/aromatic N) is 3. The number of carbonyl (C=O) groups is 1. The van der Waals surface area contributed by atoms with Crippen LogP contribution in [0.3, 0.4) is 0 Å². The van der Waals surface area contributed by atoms with Crippen LogP contribution in [0, 0.1) is 11.7 Å². The Bertz CT molecular complexity index is 719. The number of piperidine rings is 1. The van der Waals surface area contributed by atoms with Gasteiger partial charge >= 0.3 is 0 Å². The van der Waals surface area contributed by atoms with Crippen LogP contribution in [0.25, 0.3) is 0 Å². The number of aromatic nitrogens is 2. The van der Waals surface area contributed by atoms with E-state index in [9.17, 15) is 9.18 Å². The van der Waals surface area contributed by atoms with Gasteiger partial charge in [-0.1, -0.05) is 13.8 Å². The largest absolute Gasteiger partial charge is 0.484 e. The zero-order valence-corrected chi connectivity index (χ0v) is 15.4. The number of benzene rings is 1. The molecule has 2 heterocycles. The molecule has 26 heavy (non-hydrogen) atoms. The molecule has 1 saturated heterocycles. The lowest BCUT2D eigenvalue weighted by molar-refractivity contribution is -0.134. The van der Waals surface area contributed by atoms with Crippen LogP contribution in [0.1, 0.15) is 38.4 Å². The normalized spacial score (nSPS) is 15.5. The van der Waals surface area contributed by atoms with Gasteiger partial charge in [-0.2, -0.15) is 0 Å². The number of hydrogen-bond acceptors (Lipinski definition) is 3. The fraction of sp³-hybridized carbons (Fsp3) is 0.500. The molecule has 1 aliphatic rings. The maximum Gasteiger partial charge on any atom is 0.260 e. The Kier molecular flexibility index (Phi) is 5.91. The Labute approximate surface area is 153 Å². The van der Waals surface area contributed by atoms with Crippen LogP contribution in [0.4, 0.5) is 4.39 Å². The van der Waals surface area contributed by atoms with Crippen LogP contribution >= 0.6 is 0 Å². The van der Waals surface area contributed by atoms with Crippen LogP contribution in [-0.4, -0.2) is 40.1 Å². The van der Waals surface area contributed by atoms with E-state index < -0.39 is 0 Å². The molecule has 1 amide bonds. The van der Waals surface area contributed by atoms with E-state index in [1.54, 1.807) is 0 Å². The summed E-state index contributed by atoms with van der Waals surface area (Å²) < 4.78 is 20.6. The van der Waals surface area contributed by atoms with Crippen molar-refractivity contribution < 1.29 is 13.9 Å². The van der Waals surface area contributed by atoms with Crippen LogP contribution in [0.5, 0.6) is 5.75 Å². The van der Waals surface area contributed by atoms with E-state index in [0.717, 1.165) is 38.3 Å². The van der Waals surface area contributed by atoms with Crippen LogP contribution in [-0.2, 0) is 11.3 Å². The molecule has 1 aromatic heterocycles. The highest BCUT2D eigenvalue weighted by molar-refractivity contribution is 5.77. The van der Waals surface area contributed by atoms with Crippen molar-refractivity contribution in [3.05, 3.63) is 48.3 Å². The number of halogens is 1. The van der Waals surface area contributed by atoms with Gasteiger partial charge in [0.2, 0.25) is 0 Å². The van der Waals surface area contributed by atoms with Crippen molar-refractivity contribution in [2.45, 2.75) is 39.2 Å². The average molecular weight is 359 g/mol. The van der Waals surface area contributed by atoms with E-state index in [2.05, 4.69) is 23.4 Å². The summed E-state index contributed by atoms with van der Waals surface area (Å²) in [7, 11) is 0. The first kappa shape index (κ1) is 18.4. The summed E-state index contributed by atoms with van der Waals surface area (Å²) in [5, 5.41) is 0. The third-order valence-corrected chi connectivity index (χ3v) is 4.86. The van der Waals surface area contributed by atoms with Crippen molar-refractivity contribution in [2.75, 3.05) is 19.7 Å². The molecule has 0 saturated carbocycles. The number of hydrogen-bond donors (Lipinski definition) is 0. The average Bonchev–Trinajstić information content (AvgIpc) is 3.10. The molecule has 0 atom stereocenters. The van der Waals surface area contributed by atoms with Crippen LogP contribution in [0.15, 0.2) is 36.7 Å². The van der Waals surface area contributed by atoms with Crippen LogP contribution < -0.4 is 4.74 Å². The smallest absolute Gasteiger partial charge is 0.260 e. The minimum atomic E-state index is -0.315. The molecule has 0 aliphatic carbocycles. The predicted octanol–water partition coefficient (Wildman–Crippen LogP) is 3.46. The molecule has 0 N–H and O–H groups in total. The van der Waals surface area contributed by atoms with Crippen molar-refractivity contribution in [2.24, 2.45) is 5.92 Å². The van der Waals surface area contributed by atoms with E-state index in [0.29, 0.717) is 17.6 Å². The van der Waals surface area contributed by atoms with Gasteiger partial charge in [0, 0.05) is 37.9 Å². The SMILES string of the molecule is CC(C)c1nccn1CC1CCN(C(=O)COc2ccc(F)cc2)CC1. The molecule has 0 bridgehead atoms. The van der Waals surface area contributed by atoms with Gasteiger partial charge in [0.1, 0.15) is 17.4 Å². The van der Waals surface area contributed by atoms with Gasteiger partial charge in [-0.25, -0.2) is 9.37 Å². The van der Waals surface area contributed by atoms with Gasteiger partial charge in [0.05, 0.1) is 0 Å². The summed E-state index contributed by atoms with van der Waals surface area (Å²) in [5.74, 6) is 2.27. The second kappa shape index (κ2) is 8.34. The highest BCUT2D eigenvalue weighted by Crippen LogP contribution is 2.22. The quantitative estimate of drug-likeness (QED) is 0.793. The van der Waals surface area contributed by atoms with Crippen molar-refractivity contribution in [3.63, 3.8) is 0 Å². The highest BCUT2D eigenvalue weighted by Gasteiger charge is 2.24. The monoisotopic (exact) mass is 359 g/mol. The summed E-state index contributed by atoms with van der Waals surface area (Å²) in [5.41, 5.74) is 0. The van der Waals surface area contributed by atoms with Gasteiger partial charge in [0.25, 0.3) is 5.91 Å². The van der Waals surface area contributed by atoms with Crippen molar-refractivity contribution >= 4 is 5.91 Å².